The fourth-order valence-electron chi connectivity index (χ4n) is 2.00. The molecule has 2 heterocycles. The Morgan fingerprint density at radius 1 is 1.28 bits per heavy atom. The first-order chi connectivity index (χ1) is 8.77. The van der Waals surface area contributed by atoms with Gasteiger partial charge in [0.25, 0.3) is 0 Å². The quantitative estimate of drug-likeness (QED) is 0.792. The molecule has 98 valence electrons. The predicted octanol–water partition coefficient (Wildman–Crippen LogP) is 2.00. The normalized spacial score (nSPS) is 11.0. The summed E-state index contributed by atoms with van der Waals surface area (Å²) in [5.41, 5.74) is 7.30. The molecule has 2 aromatic rings. The number of ether oxygens (including phenoxy) is 1. The highest BCUT2D eigenvalue weighted by atomic mass is 16.5. The van der Waals surface area contributed by atoms with Crippen molar-refractivity contribution in [1.82, 2.24) is 19.5 Å². The van der Waals surface area contributed by atoms with Crippen LogP contribution in [0.5, 0.6) is 5.88 Å². The van der Waals surface area contributed by atoms with Crippen LogP contribution in [-0.4, -0.2) is 26.6 Å². The predicted molar refractivity (Wildman–Crippen MR) is 70.4 cm³/mol. The van der Waals surface area contributed by atoms with Gasteiger partial charge in [-0.25, -0.2) is 9.97 Å². The molecular formula is C12H19N5O. The molecule has 0 radical (unpaired) electrons. The summed E-state index contributed by atoms with van der Waals surface area (Å²) in [6.45, 7) is 3.03. The first-order valence-corrected chi connectivity index (χ1v) is 6.28. The molecule has 2 aromatic heterocycles. The van der Waals surface area contributed by atoms with Crippen LogP contribution in [0.25, 0.3) is 11.2 Å². The van der Waals surface area contributed by atoms with E-state index in [-0.39, 0.29) is 0 Å². The van der Waals surface area contributed by atoms with Gasteiger partial charge in [-0.3, -0.25) is 4.57 Å². The minimum absolute atomic E-state index is 0.471. The zero-order chi connectivity index (χ0) is 13.0. The molecular weight excluding hydrogens is 230 g/mol. The molecule has 0 aromatic carbocycles. The number of nitrogen functional groups attached to an aromatic ring is 1. The van der Waals surface area contributed by atoms with Crippen molar-refractivity contribution in [3.63, 3.8) is 0 Å². The van der Waals surface area contributed by atoms with E-state index in [2.05, 4.69) is 21.9 Å². The Balaban J connectivity index is 2.24. The fraction of sp³-hybridized carbons (Fsp3) is 0.583. The summed E-state index contributed by atoms with van der Waals surface area (Å²) in [5, 5.41) is 0. The third kappa shape index (κ3) is 2.37. The maximum absolute atomic E-state index is 5.92. The number of methoxy groups -OCH3 is 1. The van der Waals surface area contributed by atoms with Gasteiger partial charge in [0.2, 0.25) is 11.8 Å². The molecule has 0 fully saturated rings. The van der Waals surface area contributed by atoms with E-state index in [4.69, 9.17) is 10.5 Å². The van der Waals surface area contributed by atoms with Gasteiger partial charge in [-0.2, -0.15) is 4.98 Å². The second-order valence-corrected chi connectivity index (χ2v) is 4.24. The molecule has 0 spiro atoms. The molecule has 0 saturated carbocycles. The molecule has 0 aliphatic heterocycles. The Bertz CT molecular complexity index is 522. The molecule has 18 heavy (non-hydrogen) atoms. The highest BCUT2D eigenvalue weighted by molar-refractivity contribution is 5.78. The SMILES string of the molecule is CCCCCCn1c(N)nc2c(OC)ncnc21. The van der Waals surface area contributed by atoms with Crippen molar-refractivity contribution in [2.75, 3.05) is 12.8 Å². The third-order valence-corrected chi connectivity index (χ3v) is 2.96. The second kappa shape index (κ2) is 5.66. The summed E-state index contributed by atoms with van der Waals surface area (Å²) in [6.07, 6.45) is 6.21. The first kappa shape index (κ1) is 12.6. The van der Waals surface area contributed by atoms with E-state index < -0.39 is 0 Å². The van der Waals surface area contributed by atoms with Crippen LogP contribution in [0.1, 0.15) is 32.6 Å². The Morgan fingerprint density at radius 3 is 2.83 bits per heavy atom. The lowest BCUT2D eigenvalue weighted by atomic mass is 10.2. The lowest BCUT2D eigenvalue weighted by Crippen LogP contribution is -2.04. The number of aromatic nitrogens is 4. The average Bonchev–Trinajstić information content (AvgIpc) is 2.70. The lowest BCUT2D eigenvalue weighted by Gasteiger charge is -2.05. The molecule has 0 amide bonds. The molecule has 0 bridgehead atoms. The van der Waals surface area contributed by atoms with E-state index in [1.807, 2.05) is 4.57 Å². The lowest BCUT2D eigenvalue weighted by molar-refractivity contribution is 0.401. The van der Waals surface area contributed by atoms with Crippen molar-refractivity contribution in [2.24, 2.45) is 0 Å². The van der Waals surface area contributed by atoms with Crippen LogP contribution >= 0.6 is 0 Å². The van der Waals surface area contributed by atoms with Crippen molar-refractivity contribution >= 4 is 17.1 Å². The number of rotatable bonds is 6. The van der Waals surface area contributed by atoms with Gasteiger partial charge < -0.3 is 10.5 Å². The largest absolute Gasteiger partial charge is 0.479 e. The van der Waals surface area contributed by atoms with Crippen molar-refractivity contribution in [2.45, 2.75) is 39.2 Å². The molecule has 0 unspecified atom stereocenters. The van der Waals surface area contributed by atoms with Crippen molar-refractivity contribution in [3.8, 4) is 5.88 Å². The van der Waals surface area contributed by atoms with Gasteiger partial charge in [0.15, 0.2) is 11.2 Å². The number of nitrogens with zero attached hydrogens (tertiary/aromatic N) is 4. The summed E-state index contributed by atoms with van der Waals surface area (Å²) in [7, 11) is 1.57. The van der Waals surface area contributed by atoms with Crippen LogP contribution in [0.15, 0.2) is 6.33 Å². The van der Waals surface area contributed by atoms with Gasteiger partial charge in [-0.1, -0.05) is 26.2 Å². The molecule has 0 saturated heterocycles. The zero-order valence-electron chi connectivity index (χ0n) is 10.9. The van der Waals surface area contributed by atoms with E-state index in [0.29, 0.717) is 17.3 Å². The minimum atomic E-state index is 0.471. The maximum atomic E-state index is 5.92. The zero-order valence-corrected chi connectivity index (χ0v) is 10.9. The smallest absolute Gasteiger partial charge is 0.245 e. The Hall–Kier alpha value is -1.85. The minimum Gasteiger partial charge on any atom is -0.479 e. The number of hydrogen-bond donors (Lipinski definition) is 1. The molecule has 0 aliphatic carbocycles. The summed E-state index contributed by atoms with van der Waals surface area (Å²) in [4.78, 5) is 12.5. The van der Waals surface area contributed by atoms with Gasteiger partial charge in [-0.05, 0) is 6.42 Å². The summed E-state index contributed by atoms with van der Waals surface area (Å²) < 4.78 is 7.08. The number of unbranched alkanes of at least 4 members (excludes halogenated alkanes) is 3. The highest BCUT2D eigenvalue weighted by Crippen LogP contribution is 2.23. The Labute approximate surface area is 106 Å². The van der Waals surface area contributed by atoms with E-state index in [1.165, 1.54) is 25.6 Å². The Morgan fingerprint density at radius 2 is 2.11 bits per heavy atom. The van der Waals surface area contributed by atoms with E-state index >= 15 is 0 Å². The van der Waals surface area contributed by atoms with Crippen molar-refractivity contribution in [3.05, 3.63) is 6.33 Å². The van der Waals surface area contributed by atoms with Crippen LogP contribution in [-0.2, 0) is 6.54 Å². The summed E-state index contributed by atoms with van der Waals surface area (Å²) in [5.74, 6) is 0.944. The van der Waals surface area contributed by atoms with Crippen molar-refractivity contribution in [1.29, 1.82) is 0 Å². The maximum Gasteiger partial charge on any atom is 0.245 e. The molecule has 6 heteroatoms. The van der Waals surface area contributed by atoms with E-state index in [0.717, 1.165) is 18.6 Å². The second-order valence-electron chi connectivity index (χ2n) is 4.24. The number of hydrogen-bond acceptors (Lipinski definition) is 5. The van der Waals surface area contributed by atoms with Gasteiger partial charge in [0.1, 0.15) is 6.33 Å². The number of fused-ring (bicyclic) bond motifs is 1. The van der Waals surface area contributed by atoms with Crippen LogP contribution in [0.3, 0.4) is 0 Å². The standard InChI is InChI=1S/C12H19N5O/c1-3-4-5-6-7-17-10-9(16-12(17)13)11(18-2)15-8-14-10/h8H,3-7H2,1-2H3,(H2,13,16). The first-order valence-electron chi connectivity index (χ1n) is 6.28. The number of imidazole rings is 1. The number of aryl methyl sites for hydroxylation is 1. The number of anilines is 1. The third-order valence-electron chi connectivity index (χ3n) is 2.96. The van der Waals surface area contributed by atoms with Gasteiger partial charge in [0, 0.05) is 6.54 Å². The molecule has 0 aliphatic rings. The number of nitrogens with two attached hydrogens (primary N) is 1. The van der Waals surface area contributed by atoms with Crippen LogP contribution in [0.4, 0.5) is 5.95 Å². The van der Waals surface area contributed by atoms with Crippen molar-refractivity contribution < 1.29 is 4.74 Å². The van der Waals surface area contributed by atoms with Crippen LogP contribution < -0.4 is 10.5 Å². The Kier molecular flexibility index (Phi) is 3.96. The van der Waals surface area contributed by atoms with Gasteiger partial charge in [0.05, 0.1) is 7.11 Å². The summed E-state index contributed by atoms with van der Waals surface area (Å²) in [6, 6.07) is 0. The van der Waals surface area contributed by atoms with Gasteiger partial charge >= 0.3 is 0 Å². The fourth-order valence-corrected chi connectivity index (χ4v) is 2.00. The average molecular weight is 249 g/mol. The summed E-state index contributed by atoms with van der Waals surface area (Å²) >= 11 is 0. The molecule has 2 N–H and O–H groups in total. The molecule has 6 nitrogen and oxygen atoms in total. The van der Waals surface area contributed by atoms with E-state index in [1.54, 1.807) is 7.11 Å². The van der Waals surface area contributed by atoms with Crippen LogP contribution in [0, 0.1) is 0 Å². The molecule has 2 rings (SSSR count). The van der Waals surface area contributed by atoms with E-state index in [9.17, 15) is 0 Å². The topological polar surface area (TPSA) is 78.9 Å². The highest BCUT2D eigenvalue weighted by Gasteiger charge is 2.13. The van der Waals surface area contributed by atoms with Gasteiger partial charge in [-0.15, -0.1) is 0 Å². The molecule has 0 atom stereocenters. The monoisotopic (exact) mass is 249 g/mol. The van der Waals surface area contributed by atoms with Crippen LogP contribution in [0.2, 0.25) is 0 Å².